The average molecular weight is 587 g/mol. The maximum atomic E-state index is 6.28. The lowest BCUT2D eigenvalue weighted by atomic mass is 9.84. The van der Waals surface area contributed by atoms with Gasteiger partial charge in [0, 0.05) is 21.5 Å². The van der Waals surface area contributed by atoms with Gasteiger partial charge in [-0.15, -0.1) is 0 Å². The molecule has 0 aliphatic carbocycles. The fourth-order valence-corrected chi connectivity index (χ4v) is 7.47. The van der Waals surface area contributed by atoms with Crippen molar-refractivity contribution in [1.29, 1.82) is 0 Å². The Morgan fingerprint density at radius 1 is 0.283 bits per heavy atom. The summed E-state index contributed by atoms with van der Waals surface area (Å²) in [7, 11) is 0. The average Bonchev–Trinajstić information content (AvgIpc) is 3.69. The molecule has 10 aromatic rings. The second-order valence-electron chi connectivity index (χ2n) is 12.0. The predicted molar refractivity (Wildman–Crippen MR) is 192 cm³/mol. The Morgan fingerprint density at radius 2 is 0.826 bits per heavy atom. The summed E-state index contributed by atoms with van der Waals surface area (Å²) in [6.07, 6.45) is 0. The Bertz CT molecular complexity index is 2800. The number of fused-ring (bicyclic) bond motifs is 8. The van der Waals surface area contributed by atoms with Crippen LogP contribution in [0.3, 0.4) is 0 Å². The summed E-state index contributed by atoms with van der Waals surface area (Å²) >= 11 is 0. The van der Waals surface area contributed by atoms with Crippen molar-refractivity contribution in [2.75, 3.05) is 0 Å². The summed E-state index contributed by atoms with van der Waals surface area (Å²) in [6, 6.07) is 56.2. The molecule has 0 aliphatic heterocycles. The van der Waals surface area contributed by atoms with Crippen LogP contribution in [0.15, 0.2) is 167 Å². The van der Waals surface area contributed by atoms with E-state index in [4.69, 9.17) is 8.83 Å². The lowest BCUT2D eigenvalue weighted by molar-refractivity contribution is 0.668. The van der Waals surface area contributed by atoms with Gasteiger partial charge in [-0.2, -0.15) is 0 Å². The summed E-state index contributed by atoms with van der Waals surface area (Å²) in [5, 5.41) is 9.46. The quantitative estimate of drug-likeness (QED) is 0.193. The molecule has 0 saturated carbocycles. The molecule has 2 heteroatoms. The highest BCUT2D eigenvalue weighted by molar-refractivity contribution is 6.23. The largest absolute Gasteiger partial charge is 0.456 e. The van der Waals surface area contributed by atoms with Crippen LogP contribution in [-0.4, -0.2) is 0 Å². The van der Waals surface area contributed by atoms with Crippen molar-refractivity contribution < 1.29 is 8.83 Å². The van der Waals surface area contributed by atoms with Crippen LogP contribution in [0.4, 0.5) is 0 Å². The van der Waals surface area contributed by atoms with Crippen molar-refractivity contribution in [2.24, 2.45) is 0 Å². The molecule has 214 valence electrons. The number of benzene rings is 8. The summed E-state index contributed by atoms with van der Waals surface area (Å²) in [5.41, 5.74) is 10.8. The van der Waals surface area contributed by atoms with Crippen LogP contribution in [0, 0.1) is 0 Å². The Labute approximate surface area is 264 Å². The van der Waals surface area contributed by atoms with E-state index in [1.807, 2.05) is 24.3 Å². The van der Waals surface area contributed by atoms with Gasteiger partial charge in [-0.1, -0.05) is 121 Å². The van der Waals surface area contributed by atoms with Gasteiger partial charge in [-0.25, -0.2) is 0 Å². The van der Waals surface area contributed by atoms with E-state index >= 15 is 0 Å². The summed E-state index contributed by atoms with van der Waals surface area (Å²) in [6.45, 7) is 0. The number of furan rings is 2. The zero-order valence-corrected chi connectivity index (χ0v) is 24.8. The highest BCUT2D eigenvalue weighted by atomic mass is 16.3. The monoisotopic (exact) mass is 586 g/mol. The SMILES string of the molecule is c1ccc(-c2c3ccccc3c(-c3ccc4oc5ccccc5c4c3)c3ccc(-c4cccc5oc6ccccc6c45)cc23)cc1. The third-order valence-corrected chi connectivity index (χ3v) is 9.47. The van der Waals surface area contributed by atoms with Gasteiger partial charge in [0.2, 0.25) is 0 Å². The first kappa shape index (κ1) is 25.2. The molecule has 0 unspecified atom stereocenters. The molecule has 0 aliphatic rings. The van der Waals surface area contributed by atoms with Gasteiger partial charge >= 0.3 is 0 Å². The first-order chi connectivity index (χ1) is 22.8. The molecular weight excluding hydrogens is 560 g/mol. The minimum atomic E-state index is 0.905. The zero-order valence-electron chi connectivity index (χ0n) is 24.8. The molecule has 0 saturated heterocycles. The molecule has 2 aromatic heterocycles. The van der Waals surface area contributed by atoms with Crippen molar-refractivity contribution in [3.63, 3.8) is 0 Å². The number of hydrogen-bond donors (Lipinski definition) is 0. The van der Waals surface area contributed by atoms with E-state index in [0.717, 1.165) is 43.9 Å². The fourth-order valence-electron chi connectivity index (χ4n) is 7.47. The first-order valence-corrected chi connectivity index (χ1v) is 15.7. The Kier molecular flexibility index (Phi) is 5.31. The molecule has 10 rings (SSSR count). The molecule has 0 N–H and O–H groups in total. The maximum Gasteiger partial charge on any atom is 0.136 e. The van der Waals surface area contributed by atoms with Crippen molar-refractivity contribution in [1.82, 2.24) is 0 Å². The molecule has 0 amide bonds. The van der Waals surface area contributed by atoms with Crippen molar-refractivity contribution in [3.05, 3.63) is 158 Å². The Balaban J connectivity index is 1.33. The number of hydrogen-bond acceptors (Lipinski definition) is 2. The van der Waals surface area contributed by atoms with Crippen LogP contribution in [0.1, 0.15) is 0 Å². The normalized spacial score (nSPS) is 11.9. The summed E-state index contributed by atoms with van der Waals surface area (Å²) in [5.74, 6) is 0. The lowest BCUT2D eigenvalue weighted by Crippen LogP contribution is -1.92. The third kappa shape index (κ3) is 3.65. The van der Waals surface area contributed by atoms with E-state index in [9.17, 15) is 0 Å². The zero-order chi connectivity index (χ0) is 30.2. The molecule has 0 spiro atoms. The van der Waals surface area contributed by atoms with Crippen LogP contribution in [0.5, 0.6) is 0 Å². The van der Waals surface area contributed by atoms with Gasteiger partial charge < -0.3 is 8.83 Å². The van der Waals surface area contributed by atoms with Crippen LogP contribution < -0.4 is 0 Å². The van der Waals surface area contributed by atoms with Crippen molar-refractivity contribution in [2.45, 2.75) is 0 Å². The van der Waals surface area contributed by atoms with E-state index in [0.29, 0.717) is 0 Å². The van der Waals surface area contributed by atoms with Crippen LogP contribution in [0.2, 0.25) is 0 Å². The second-order valence-corrected chi connectivity index (χ2v) is 12.0. The third-order valence-electron chi connectivity index (χ3n) is 9.47. The van der Waals surface area contributed by atoms with E-state index in [1.54, 1.807) is 0 Å². The molecule has 0 bridgehead atoms. The number of rotatable bonds is 3. The van der Waals surface area contributed by atoms with Gasteiger partial charge in [0.05, 0.1) is 0 Å². The Hall–Kier alpha value is -6.12. The minimum absolute atomic E-state index is 0.905. The van der Waals surface area contributed by atoms with Gasteiger partial charge in [-0.3, -0.25) is 0 Å². The number of para-hydroxylation sites is 2. The van der Waals surface area contributed by atoms with E-state index in [1.165, 1.54) is 54.9 Å². The molecule has 0 atom stereocenters. The summed E-state index contributed by atoms with van der Waals surface area (Å²) < 4.78 is 12.5. The molecule has 0 radical (unpaired) electrons. The fraction of sp³-hybridized carbons (Fsp3) is 0. The maximum absolute atomic E-state index is 6.28. The molecule has 0 fully saturated rings. The van der Waals surface area contributed by atoms with Crippen LogP contribution >= 0.6 is 0 Å². The van der Waals surface area contributed by atoms with E-state index in [-0.39, 0.29) is 0 Å². The lowest BCUT2D eigenvalue weighted by Gasteiger charge is -2.19. The van der Waals surface area contributed by atoms with Crippen LogP contribution in [-0.2, 0) is 0 Å². The summed E-state index contributed by atoms with van der Waals surface area (Å²) in [4.78, 5) is 0. The topological polar surface area (TPSA) is 26.3 Å². The molecule has 8 aromatic carbocycles. The first-order valence-electron chi connectivity index (χ1n) is 15.7. The second kappa shape index (κ2) is 9.69. The molecular formula is C44H26O2. The van der Waals surface area contributed by atoms with Gasteiger partial charge in [0.15, 0.2) is 0 Å². The smallest absolute Gasteiger partial charge is 0.136 e. The standard InChI is InChI=1S/C44H26O2/c1-2-11-27(12-3-1)42-32-14-4-5-15-33(32)43(29-22-24-40-36(26-29)31-13-6-8-18-38(31)45-40)34-23-21-28(25-37(34)42)30-17-10-20-41-44(30)35-16-7-9-19-39(35)46-41/h1-26H. The van der Waals surface area contributed by atoms with E-state index < -0.39 is 0 Å². The van der Waals surface area contributed by atoms with E-state index in [2.05, 4.69) is 133 Å². The Morgan fingerprint density at radius 3 is 1.63 bits per heavy atom. The highest BCUT2D eigenvalue weighted by Gasteiger charge is 2.20. The van der Waals surface area contributed by atoms with Gasteiger partial charge in [0.25, 0.3) is 0 Å². The van der Waals surface area contributed by atoms with Gasteiger partial charge in [0.1, 0.15) is 22.3 Å². The predicted octanol–water partition coefficient (Wildman–Crippen LogP) is 12.8. The van der Waals surface area contributed by atoms with Crippen molar-refractivity contribution >= 4 is 65.4 Å². The molecule has 2 nitrogen and oxygen atoms in total. The molecule has 2 heterocycles. The molecule has 46 heavy (non-hydrogen) atoms. The highest BCUT2D eigenvalue weighted by Crippen LogP contribution is 2.46. The van der Waals surface area contributed by atoms with Crippen LogP contribution in [0.25, 0.3) is 98.8 Å². The van der Waals surface area contributed by atoms with Crippen molar-refractivity contribution in [3.8, 4) is 33.4 Å². The minimum Gasteiger partial charge on any atom is -0.456 e. The van der Waals surface area contributed by atoms with Gasteiger partial charge in [-0.05, 0) is 91.3 Å².